The van der Waals surface area contributed by atoms with Crippen molar-refractivity contribution < 1.29 is 24.2 Å². The second-order valence-electron chi connectivity index (χ2n) is 5.52. The number of rotatable bonds is 7. The van der Waals surface area contributed by atoms with Gasteiger partial charge in [0, 0.05) is 7.05 Å². The van der Waals surface area contributed by atoms with Gasteiger partial charge in [-0.3, -0.25) is 9.48 Å². The van der Waals surface area contributed by atoms with Crippen LogP contribution in [-0.2, 0) is 16.6 Å². The van der Waals surface area contributed by atoms with Crippen LogP contribution in [-0.4, -0.2) is 40.5 Å². The Morgan fingerprint density at radius 1 is 1.28 bits per heavy atom. The first-order valence-corrected chi connectivity index (χ1v) is 7.62. The zero-order chi connectivity index (χ0) is 18.6. The van der Waals surface area contributed by atoms with E-state index in [0.717, 1.165) is 5.69 Å². The molecule has 2 N–H and O–H groups in total. The highest BCUT2D eigenvalue weighted by Gasteiger charge is 2.23. The third kappa shape index (κ3) is 4.28. The summed E-state index contributed by atoms with van der Waals surface area (Å²) in [7, 11) is 3.30. The van der Waals surface area contributed by atoms with Crippen molar-refractivity contribution in [2.75, 3.05) is 13.7 Å². The number of benzene rings is 1. The number of carboxylic acid groups (broad SMARTS) is 1. The van der Waals surface area contributed by atoms with Gasteiger partial charge in [-0.2, -0.15) is 5.10 Å². The van der Waals surface area contributed by atoms with E-state index in [9.17, 15) is 14.7 Å². The minimum Gasteiger partial charge on any atom is -0.497 e. The molecule has 1 amide bonds. The van der Waals surface area contributed by atoms with Crippen LogP contribution in [0.5, 0.6) is 11.5 Å². The lowest BCUT2D eigenvalue weighted by Gasteiger charge is -2.15. The average molecular weight is 347 g/mol. The van der Waals surface area contributed by atoms with Crippen LogP contribution in [0.25, 0.3) is 0 Å². The molecule has 8 nitrogen and oxygen atoms in total. The molecule has 0 radical (unpaired) electrons. The maximum absolute atomic E-state index is 12.1. The number of carbonyl (C=O) groups excluding carboxylic acids is 1. The van der Waals surface area contributed by atoms with E-state index in [1.165, 1.54) is 7.11 Å². The second-order valence-corrected chi connectivity index (χ2v) is 5.52. The van der Waals surface area contributed by atoms with Gasteiger partial charge >= 0.3 is 5.97 Å². The fourth-order valence-electron chi connectivity index (χ4n) is 2.39. The zero-order valence-corrected chi connectivity index (χ0v) is 14.6. The second kappa shape index (κ2) is 7.69. The van der Waals surface area contributed by atoms with Crippen molar-refractivity contribution in [2.24, 2.45) is 7.05 Å². The van der Waals surface area contributed by atoms with Crippen LogP contribution < -0.4 is 14.8 Å². The highest BCUT2D eigenvalue weighted by Crippen LogP contribution is 2.21. The Bertz CT molecular complexity index is 767. The van der Waals surface area contributed by atoms with Gasteiger partial charge in [0.15, 0.2) is 18.4 Å². The third-order valence-electron chi connectivity index (χ3n) is 3.79. The summed E-state index contributed by atoms with van der Waals surface area (Å²) in [5, 5.41) is 16.0. The summed E-state index contributed by atoms with van der Waals surface area (Å²) in [6, 6.07) is 5.28. The number of ether oxygens (including phenoxy) is 2. The number of hydrogen-bond donors (Lipinski definition) is 2. The summed E-state index contributed by atoms with van der Waals surface area (Å²) < 4.78 is 12.2. The quantitative estimate of drug-likeness (QED) is 0.784. The van der Waals surface area contributed by atoms with E-state index in [4.69, 9.17) is 9.47 Å². The number of amides is 1. The van der Waals surface area contributed by atoms with Crippen LogP contribution >= 0.6 is 0 Å². The van der Waals surface area contributed by atoms with Crippen molar-refractivity contribution in [3.05, 3.63) is 41.2 Å². The molecule has 0 aliphatic rings. The van der Waals surface area contributed by atoms with E-state index in [-0.39, 0.29) is 6.61 Å². The molecule has 0 fully saturated rings. The van der Waals surface area contributed by atoms with E-state index in [0.29, 0.717) is 22.8 Å². The zero-order valence-electron chi connectivity index (χ0n) is 14.6. The van der Waals surface area contributed by atoms with Crippen LogP contribution in [0.3, 0.4) is 0 Å². The van der Waals surface area contributed by atoms with E-state index in [1.54, 1.807) is 42.9 Å². The number of hydrogen-bond acceptors (Lipinski definition) is 5. The minimum atomic E-state index is -1.17. The normalized spacial score (nSPS) is 11.7. The Hall–Kier alpha value is -3.03. The molecule has 1 aromatic carbocycles. The Labute approximate surface area is 145 Å². The fraction of sp³-hybridized carbons (Fsp3) is 0.353. The maximum Gasteiger partial charge on any atom is 0.330 e. The Kier molecular flexibility index (Phi) is 5.63. The molecule has 0 bridgehead atoms. The van der Waals surface area contributed by atoms with Crippen LogP contribution in [0.15, 0.2) is 24.3 Å². The highest BCUT2D eigenvalue weighted by molar-refractivity contribution is 5.85. The first-order valence-electron chi connectivity index (χ1n) is 7.62. The van der Waals surface area contributed by atoms with E-state index >= 15 is 0 Å². The van der Waals surface area contributed by atoms with Gasteiger partial charge in [0.1, 0.15) is 11.4 Å². The Morgan fingerprint density at radius 2 is 1.92 bits per heavy atom. The largest absolute Gasteiger partial charge is 0.497 e. The van der Waals surface area contributed by atoms with Gasteiger partial charge in [-0.05, 0) is 31.5 Å². The van der Waals surface area contributed by atoms with Gasteiger partial charge in [0.05, 0.1) is 12.8 Å². The third-order valence-corrected chi connectivity index (χ3v) is 3.79. The molecule has 0 aliphatic heterocycles. The molecule has 0 spiro atoms. The summed E-state index contributed by atoms with van der Waals surface area (Å²) in [5.74, 6) is -0.572. The number of aliphatic carboxylic acids is 1. The molecule has 1 aromatic heterocycles. The number of nitrogens with zero attached hydrogens (tertiary/aromatic N) is 2. The molecule has 1 atom stereocenters. The average Bonchev–Trinajstić information content (AvgIpc) is 2.83. The van der Waals surface area contributed by atoms with Crippen molar-refractivity contribution >= 4 is 11.9 Å². The summed E-state index contributed by atoms with van der Waals surface area (Å²) in [5.41, 5.74) is 1.89. The summed E-state index contributed by atoms with van der Waals surface area (Å²) in [4.78, 5) is 23.6. The van der Waals surface area contributed by atoms with Gasteiger partial charge in [0.2, 0.25) is 0 Å². The van der Waals surface area contributed by atoms with Gasteiger partial charge in [-0.15, -0.1) is 0 Å². The van der Waals surface area contributed by atoms with Crippen molar-refractivity contribution in [3.63, 3.8) is 0 Å². The first kappa shape index (κ1) is 18.3. The lowest BCUT2D eigenvalue weighted by Crippen LogP contribution is -2.36. The lowest BCUT2D eigenvalue weighted by atomic mass is 10.1. The number of methoxy groups -OCH3 is 1. The van der Waals surface area contributed by atoms with E-state index < -0.39 is 17.9 Å². The number of aryl methyl sites for hydroxylation is 2. The smallest absolute Gasteiger partial charge is 0.330 e. The van der Waals surface area contributed by atoms with Crippen LogP contribution in [0.1, 0.15) is 23.0 Å². The molecule has 2 aromatic rings. The molecule has 1 unspecified atom stereocenters. The molecule has 2 rings (SSSR count). The van der Waals surface area contributed by atoms with Gasteiger partial charge in [-0.1, -0.05) is 12.1 Å². The predicted octanol–water partition coefficient (Wildman–Crippen LogP) is 1.37. The van der Waals surface area contributed by atoms with Crippen molar-refractivity contribution in [2.45, 2.75) is 19.9 Å². The van der Waals surface area contributed by atoms with Gasteiger partial charge in [-0.25, -0.2) is 4.79 Å². The molecule has 0 aliphatic carbocycles. The number of carbonyl (C=O) groups is 2. The minimum absolute atomic E-state index is 0.298. The van der Waals surface area contributed by atoms with Crippen LogP contribution in [0.2, 0.25) is 0 Å². The fourth-order valence-corrected chi connectivity index (χ4v) is 2.39. The molecule has 0 saturated carbocycles. The van der Waals surface area contributed by atoms with E-state index in [2.05, 4.69) is 10.4 Å². The van der Waals surface area contributed by atoms with Crippen molar-refractivity contribution in [3.8, 4) is 11.5 Å². The number of aromatic nitrogens is 2. The van der Waals surface area contributed by atoms with Crippen LogP contribution in [0, 0.1) is 13.8 Å². The molecular formula is C17H21N3O5. The maximum atomic E-state index is 12.1. The molecular weight excluding hydrogens is 326 g/mol. The molecule has 8 heteroatoms. The molecule has 1 heterocycles. The van der Waals surface area contributed by atoms with E-state index in [1.807, 2.05) is 6.92 Å². The SMILES string of the molecule is COc1ccc(C(NC(=O)COc2c(C)nn(C)c2C)C(=O)O)cc1. The molecule has 25 heavy (non-hydrogen) atoms. The van der Waals surface area contributed by atoms with Crippen molar-refractivity contribution in [1.29, 1.82) is 0 Å². The van der Waals surface area contributed by atoms with Gasteiger partial charge in [0.25, 0.3) is 5.91 Å². The van der Waals surface area contributed by atoms with Crippen LogP contribution in [0.4, 0.5) is 0 Å². The Morgan fingerprint density at radius 3 is 2.40 bits per heavy atom. The topological polar surface area (TPSA) is 103 Å². The summed E-state index contributed by atoms with van der Waals surface area (Å²) in [6.07, 6.45) is 0. The monoisotopic (exact) mass is 347 g/mol. The lowest BCUT2D eigenvalue weighted by molar-refractivity contribution is -0.142. The van der Waals surface area contributed by atoms with Gasteiger partial charge < -0.3 is 19.9 Å². The number of nitrogens with one attached hydrogen (secondary N) is 1. The standard InChI is InChI=1S/C17H21N3O5/c1-10-16(11(2)20(3)19-10)25-9-14(21)18-15(17(22)23)12-5-7-13(24-4)8-6-12/h5-8,15H,9H2,1-4H3,(H,18,21)(H,22,23). The molecule has 0 saturated heterocycles. The highest BCUT2D eigenvalue weighted by atomic mass is 16.5. The summed E-state index contributed by atoms with van der Waals surface area (Å²) >= 11 is 0. The Balaban J connectivity index is 2.03. The first-order chi connectivity index (χ1) is 11.8. The molecule has 134 valence electrons. The summed E-state index contributed by atoms with van der Waals surface area (Å²) in [6.45, 7) is 3.30. The predicted molar refractivity (Wildman–Crippen MR) is 89.7 cm³/mol. The number of carboxylic acids is 1. The van der Waals surface area contributed by atoms with Crippen molar-refractivity contribution in [1.82, 2.24) is 15.1 Å².